The van der Waals surface area contributed by atoms with Gasteiger partial charge in [0.05, 0.1) is 0 Å². The minimum atomic E-state index is 0.954. The van der Waals surface area contributed by atoms with Gasteiger partial charge in [0.1, 0.15) is 7.28 Å². The third kappa shape index (κ3) is 2.42. The Morgan fingerprint density at radius 1 is 1.00 bits per heavy atom. The second-order valence-electron chi connectivity index (χ2n) is 3.55. The quantitative estimate of drug-likeness (QED) is 0.434. The summed E-state index contributed by atoms with van der Waals surface area (Å²) in [5.41, 5.74) is 0. The predicted molar refractivity (Wildman–Crippen MR) is 42.9 cm³/mol. The molecule has 0 aromatic rings. The van der Waals surface area contributed by atoms with E-state index in [9.17, 15) is 0 Å². The second-order valence-corrected chi connectivity index (χ2v) is 3.55. The van der Waals surface area contributed by atoms with Crippen molar-refractivity contribution in [2.24, 2.45) is 11.8 Å². The van der Waals surface area contributed by atoms with E-state index in [-0.39, 0.29) is 0 Å². The molecule has 1 fully saturated rings. The van der Waals surface area contributed by atoms with Gasteiger partial charge in [0, 0.05) is 0 Å². The van der Waals surface area contributed by atoms with Crippen LogP contribution in [0, 0.1) is 11.8 Å². The van der Waals surface area contributed by atoms with Crippen molar-refractivity contribution in [1.82, 2.24) is 0 Å². The third-order valence-electron chi connectivity index (χ3n) is 2.29. The Morgan fingerprint density at radius 2 is 1.44 bits per heavy atom. The summed E-state index contributed by atoms with van der Waals surface area (Å²) in [5, 5.41) is 0. The van der Waals surface area contributed by atoms with Crippen LogP contribution in [0.1, 0.15) is 26.7 Å². The molecule has 0 aliphatic carbocycles. The van der Waals surface area contributed by atoms with Crippen LogP contribution in [0.3, 0.4) is 0 Å². The molecule has 2 atom stereocenters. The van der Waals surface area contributed by atoms with E-state index < -0.39 is 0 Å². The van der Waals surface area contributed by atoms with Crippen molar-refractivity contribution < 1.29 is 0 Å². The second kappa shape index (κ2) is 3.29. The van der Waals surface area contributed by atoms with Crippen molar-refractivity contribution in [2.45, 2.75) is 39.3 Å². The molecule has 0 N–H and O–H groups in total. The molecule has 0 unspecified atom stereocenters. The summed E-state index contributed by atoms with van der Waals surface area (Å²) in [6.45, 7) is 4.71. The lowest BCUT2D eigenvalue weighted by molar-refractivity contribution is 0.493. The van der Waals surface area contributed by atoms with Crippen LogP contribution in [0.4, 0.5) is 0 Å². The van der Waals surface area contributed by atoms with Crippen molar-refractivity contribution >= 4 is 7.28 Å². The minimum absolute atomic E-state index is 0.954. The van der Waals surface area contributed by atoms with Crippen molar-refractivity contribution in [1.29, 1.82) is 0 Å². The minimum Gasteiger partial charge on any atom is -0.0778 e. The van der Waals surface area contributed by atoms with E-state index in [0.29, 0.717) is 0 Å². The SMILES string of the molecule is C[C@@H]1C[B]C[C@@H](C)CC1. The number of rotatable bonds is 0. The summed E-state index contributed by atoms with van der Waals surface area (Å²) >= 11 is 0. The van der Waals surface area contributed by atoms with Gasteiger partial charge in [-0.3, -0.25) is 0 Å². The van der Waals surface area contributed by atoms with E-state index in [2.05, 4.69) is 21.1 Å². The molecule has 0 saturated carbocycles. The van der Waals surface area contributed by atoms with Crippen molar-refractivity contribution in [3.63, 3.8) is 0 Å². The average molecular weight is 123 g/mol. The summed E-state index contributed by atoms with van der Waals surface area (Å²) in [6, 6.07) is 0. The summed E-state index contributed by atoms with van der Waals surface area (Å²) in [5.74, 6) is 1.91. The van der Waals surface area contributed by atoms with Gasteiger partial charge in [-0.1, -0.05) is 51.2 Å². The zero-order chi connectivity index (χ0) is 6.69. The third-order valence-corrected chi connectivity index (χ3v) is 2.29. The monoisotopic (exact) mass is 123 g/mol. The van der Waals surface area contributed by atoms with Gasteiger partial charge in [0.2, 0.25) is 0 Å². The highest BCUT2D eigenvalue weighted by Crippen LogP contribution is 2.23. The predicted octanol–water partition coefficient (Wildman–Crippen LogP) is 2.59. The van der Waals surface area contributed by atoms with Crippen LogP contribution in [0.15, 0.2) is 0 Å². The molecule has 0 amide bonds. The zero-order valence-corrected chi connectivity index (χ0v) is 6.56. The van der Waals surface area contributed by atoms with E-state index in [1.54, 1.807) is 0 Å². The molecular weight excluding hydrogens is 107 g/mol. The average Bonchev–Trinajstić information content (AvgIpc) is 1.97. The van der Waals surface area contributed by atoms with Crippen LogP contribution in [0.25, 0.3) is 0 Å². The molecular formula is C8H16B. The Kier molecular flexibility index (Phi) is 2.62. The normalized spacial score (nSPS) is 37.1. The standard InChI is InChI=1S/C8H16B/c1-7-3-4-8(2)6-9-5-7/h7-8H,3-6H2,1-2H3/t7-,8-/m0/s1. The Hall–Kier alpha value is 0.0649. The van der Waals surface area contributed by atoms with E-state index >= 15 is 0 Å². The van der Waals surface area contributed by atoms with Gasteiger partial charge in [-0.05, 0) is 0 Å². The fourth-order valence-electron chi connectivity index (χ4n) is 1.47. The van der Waals surface area contributed by atoms with Crippen LogP contribution in [-0.2, 0) is 0 Å². The molecule has 0 nitrogen and oxygen atoms in total. The van der Waals surface area contributed by atoms with Crippen molar-refractivity contribution in [2.75, 3.05) is 0 Å². The largest absolute Gasteiger partial charge is 0.110 e. The molecule has 1 heteroatoms. The van der Waals surface area contributed by atoms with Crippen LogP contribution < -0.4 is 0 Å². The number of hydrogen-bond acceptors (Lipinski definition) is 0. The summed E-state index contributed by atoms with van der Waals surface area (Å²) < 4.78 is 0. The van der Waals surface area contributed by atoms with E-state index in [0.717, 1.165) is 11.8 Å². The first-order valence-electron chi connectivity index (χ1n) is 4.10. The van der Waals surface area contributed by atoms with Gasteiger partial charge >= 0.3 is 0 Å². The van der Waals surface area contributed by atoms with E-state index in [1.807, 2.05) is 0 Å². The molecule has 0 aromatic heterocycles. The molecule has 1 aliphatic heterocycles. The summed E-state index contributed by atoms with van der Waals surface area (Å²) in [7, 11) is 2.46. The Bertz CT molecular complexity index is 70.6. The van der Waals surface area contributed by atoms with Gasteiger partial charge in [0.15, 0.2) is 0 Å². The maximum absolute atomic E-state index is 2.46. The first-order valence-corrected chi connectivity index (χ1v) is 4.10. The Morgan fingerprint density at radius 3 is 1.89 bits per heavy atom. The topological polar surface area (TPSA) is 0 Å². The highest BCUT2D eigenvalue weighted by atomic mass is 14.1. The fourth-order valence-corrected chi connectivity index (χ4v) is 1.47. The molecule has 51 valence electrons. The fraction of sp³-hybridized carbons (Fsp3) is 1.00. The molecule has 0 bridgehead atoms. The highest BCUT2D eigenvalue weighted by Gasteiger charge is 2.12. The van der Waals surface area contributed by atoms with Crippen molar-refractivity contribution in [3.8, 4) is 0 Å². The van der Waals surface area contributed by atoms with Gasteiger partial charge in [-0.15, -0.1) is 0 Å². The van der Waals surface area contributed by atoms with Crippen LogP contribution in [0.2, 0.25) is 12.6 Å². The lowest BCUT2D eigenvalue weighted by Crippen LogP contribution is -1.94. The Balaban J connectivity index is 2.25. The smallest absolute Gasteiger partial charge is 0.0778 e. The maximum atomic E-state index is 2.46. The lowest BCUT2D eigenvalue weighted by Gasteiger charge is -2.05. The van der Waals surface area contributed by atoms with Gasteiger partial charge in [-0.25, -0.2) is 0 Å². The highest BCUT2D eigenvalue weighted by molar-refractivity contribution is 6.35. The molecule has 1 rings (SSSR count). The Labute approximate surface area is 59.3 Å². The molecule has 1 heterocycles. The van der Waals surface area contributed by atoms with Crippen molar-refractivity contribution in [3.05, 3.63) is 0 Å². The molecule has 9 heavy (non-hydrogen) atoms. The lowest BCUT2D eigenvalue weighted by atomic mass is 9.66. The van der Waals surface area contributed by atoms with Crippen LogP contribution >= 0.6 is 0 Å². The first kappa shape index (κ1) is 7.18. The van der Waals surface area contributed by atoms with Gasteiger partial charge in [-0.2, -0.15) is 0 Å². The zero-order valence-electron chi connectivity index (χ0n) is 6.56. The molecule has 0 aromatic carbocycles. The van der Waals surface area contributed by atoms with Gasteiger partial charge in [0.25, 0.3) is 0 Å². The summed E-state index contributed by atoms with van der Waals surface area (Å²) in [4.78, 5) is 0. The molecule has 0 spiro atoms. The molecule has 1 aliphatic rings. The summed E-state index contributed by atoms with van der Waals surface area (Å²) in [6.07, 6.45) is 5.59. The van der Waals surface area contributed by atoms with E-state index in [4.69, 9.17) is 0 Å². The molecule has 1 saturated heterocycles. The van der Waals surface area contributed by atoms with Crippen LogP contribution in [-0.4, -0.2) is 7.28 Å². The maximum Gasteiger partial charge on any atom is 0.110 e. The number of hydrogen-bond donors (Lipinski definition) is 0. The van der Waals surface area contributed by atoms with Gasteiger partial charge < -0.3 is 0 Å². The van der Waals surface area contributed by atoms with E-state index in [1.165, 1.54) is 25.5 Å². The van der Waals surface area contributed by atoms with Crippen LogP contribution in [0.5, 0.6) is 0 Å². The molecule has 1 radical (unpaired) electrons. The first-order chi connectivity index (χ1) is 4.29.